The number of hydrogen-bond donors (Lipinski definition) is 1. The van der Waals surface area contributed by atoms with Crippen molar-refractivity contribution in [2.75, 3.05) is 7.05 Å². The van der Waals surface area contributed by atoms with Gasteiger partial charge in [0.2, 0.25) is 0 Å². The molecular formula is C12H19ClN2O. The van der Waals surface area contributed by atoms with E-state index in [1.807, 2.05) is 45.2 Å². The number of hydrogen-bond acceptors (Lipinski definition) is 2. The zero-order valence-corrected chi connectivity index (χ0v) is 10.8. The van der Waals surface area contributed by atoms with Crippen LogP contribution in [0.25, 0.3) is 0 Å². The third kappa shape index (κ3) is 3.51. The SMILES string of the molecule is CC(C)N(C)C(=O)c1ccc(CN)cc1.Cl. The number of carbonyl (C=O) groups is 1. The van der Waals surface area contributed by atoms with Crippen LogP contribution in [0.2, 0.25) is 0 Å². The van der Waals surface area contributed by atoms with Crippen LogP contribution in [0.5, 0.6) is 0 Å². The van der Waals surface area contributed by atoms with E-state index in [9.17, 15) is 4.79 Å². The largest absolute Gasteiger partial charge is 0.339 e. The normalized spacial score (nSPS) is 9.81. The molecule has 0 unspecified atom stereocenters. The van der Waals surface area contributed by atoms with Gasteiger partial charge in [-0.25, -0.2) is 0 Å². The molecule has 0 saturated carbocycles. The molecule has 0 heterocycles. The molecule has 4 heteroatoms. The van der Waals surface area contributed by atoms with E-state index >= 15 is 0 Å². The van der Waals surface area contributed by atoms with Gasteiger partial charge in [-0.05, 0) is 31.5 Å². The Balaban J connectivity index is 0.00000225. The van der Waals surface area contributed by atoms with E-state index in [4.69, 9.17) is 5.73 Å². The summed E-state index contributed by atoms with van der Waals surface area (Å²) in [5.74, 6) is 0.0496. The van der Waals surface area contributed by atoms with E-state index < -0.39 is 0 Å². The van der Waals surface area contributed by atoms with E-state index in [0.29, 0.717) is 12.1 Å². The Morgan fingerprint density at radius 1 is 1.31 bits per heavy atom. The van der Waals surface area contributed by atoms with E-state index in [1.165, 1.54) is 0 Å². The maximum Gasteiger partial charge on any atom is 0.253 e. The highest BCUT2D eigenvalue weighted by atomic mass is 35.5. The minimum Gasteiger partial charge on any atom is -0.339 e. The smallest absolute Gasteiger partial charge is 0.253 e. The Labute approximate surface area is 103 Å². The number of amides is 1. The lowest BCUT2D eigenvalue weighted by Crippen LogP contribution is -2.32. The zero-order valence-electron chi connectivity index (χ0n) is 9.93. The molecule has 1 rings (SSSR count). The van der Waals surface area contributed by atoms with Crippen LogP contribution in [-0.4, -0.2) is 23.9 Å². The first-order valence-electron chi connectivity index (χ1n) is 5.12. The first-order valence-corrected chi connectivity index (χ1v) is 5.12. The lowest BCUT2D eigenvalue weighted by atomic mass is 10.1. The van der Waals surface area contributed by atoms with Crippen molar-refractivity contribution in [1.29, 1.82) is 0 Å². The predicted molar refractivity (Wildman–Crippen MR) is 68.8 cm³/mol. The lowest BCUT2D eigenvalue weighted by molar-refractivity contribution is 0.0755. The Kier molecular flexibility index (Phi) is 6.08. The van der Waals surface area contributed by atoms with Gasteiger partial charge in [0.05, 0.1) is 0 Å². The van der Waals surface area contributed by atoms with Gasteiger partial charge in [0.1, 0.15) is 0 Å². The molecule has 90 valence electrons. The second kappa shape index (κ2) is 6.51. The molecule has 0 spiro atoms. The third-order valence-corrected chi connectivity index (χ3v) is 2.53. The quantitative estimate of drug-likeness (QED) is 0.882. The number of rotatable bonds is 3. The summed E-state index contributed by atoms with van der Waals surface area (Å²) >= 11 is 0. The molecule has 1 aromatic rings. The Morgan fingerprint density at radius 3 is 2.19 bits per heavy atom. The van der Waals surface area contributed by atoms with Gasteiger partial charge in [-0.2, -0.15) is 0 Å². The van der Waals surface area contributed by atoms with E-state index in [1.54, 1.807) is 4.90 Å². The van der Waals surface area contributed by atoms with Crippen LogP contribution in [0.4, 0.5) is 0 Å². The second-order valence-corrected chi connectivity index (χ2v) is 3.91. The minimum atomic E-state index is 0. The number of nitrogens with zero attached hydrogens (tertiary/aromatic N) is 1. The van der Waals surface area contributed by atoms with Crippen molar-refractivity contribution in [2.24, 2.45) is 5.73 Å². The molecule has 1 amide bonds. The van der Waals surface area contributed by atoms with Gasteiger partial charge in [0, 0.05) is 25.2 Å². The summed E-state index contributed by atoms with van der Waals surface area (Å²) in [5.41, 5.74) is 7.24. The topological polar surface area (TPSA) is 46.3 Å². The summed E-state index contributed by atoms with van der Waals surface area (Å²) in [6, 6.07) is 7.64. The van der Waals surface area contributed by atoms with Crippen molar-refractivity contribution in [3.63, 3.8) is 0 Å². The average molecular weight is 243 g/mol. The Bertz CT molecular complexity index is 335. The highest BCUT2D eigenvalue weighted by molar-refractivity contribution is 5.94. The van der Waals surface area contributed by atoms with Crippen LogP contribution in [0.15, 0.2) is 24.3 Å². The monoisotopic (exact) mass is 242 g/mol. The molecule has 0 atom stereocenters. The summed E-state index contributed by atoms with van der Waals surface area (Å²) < 4.78 is 0. The summed E-state index contributed by atoms with van der Waals surface area (Å²) in [7, 11) is 1.81. The van der Waals surface area contributed by atoms with Crippen LogP contribution in [0.1, 0.15) is 29.8 Å². The maximum absolute atomic E-state index is 11.9. The lowest BCUT2D eigenvalue weighted by Gasteiger charge is -2.21. The third-order valence-electron chi connectivity index (χ3n) is 2.53. The predicted octanol–water partition coefficient (Wildman–Crippen LogP) is 2.05. The van der Waals surface area contributed by atoms with Crippen molar-refractivity contribution >= 4 is 18.3 Å². The van der Waals surface area contributed by atoms with E-state index in [2.05, 4.69) is 0 Å². The van der Waals surface area contributed by atoms with Crippen molar-refractivity contribution < 1.29 is 4.79 Å². The van der Waals surface area contributed by atoms with Crippen molar-refractivity contribution in [2.45, 2.75) is 26.4 Å². The van der Waals surface area contributed by atoms with Crippen molar-refractivity contribution in [3.8, 4) is 0 Å². The molecule has 0 radical (unpaired) electrons. The maximum atomic E-state index is 11.9. The molecule has 0 aliphatic rings. The second-order valence-electron chi connectivity index (χ2n) is 3.91. The van der Waals surface area contributed by atoms with Crippen molar-refractivity contribution in [1.82, 2.24) is 4.90 Å². The first-order chi connectivity index (χ1) is 7.06. The number of nitrogens with two attached hydrogens (primary N) is 1. The summed E-state index contributed by atoms with van der Waals surface area (Å²) in [6.07, 6.45) is 0. The van der Waals surface area contributed by atoms with Gasteiger partial charge in [-0.3, -0.25) is 4.79 Å². The molecule has 0 saturated heterocycles. The van der Waals surface area contributed by atoms with Gasteiger partial charge in [0.25, 0.3) is 5.91 Å². The van der Waals surface area contributed by atoms with Crippen LogP contribution in [0, 0.1) is 0 Å². The minimum absolute atomic E-state index is 0. The molecule has 0 aliphatic heterocycles. The molecular weight excluding hydrogens is 224 g/mol. The molecule has 0 fully saturated rings. The van der Waals surface area contributed by atoms with E-state index in [-0.39, 0.29) is 24.4 Å². The summed E-state index contributed by atoms with van der Waals surface area (Å²) in [5, 5.41) is 0. The van der Waals surface area contributed by atoms with E-state index in [0.717, 1.165) is 5.56 Å². The van der Waals surface area contributed by atoms with Crippen LogP contribution < -0.4 is 5.73 Å². The number of carbonyl (C=O) groups excluding carboxylic acids is 1. The molecule has 0 aliphatic carbocycles. The van der Waals surface area contributed by atoms with Gasteiger partial charge in [-0.15, -0.1) is 12.4 Å². The Morgan fingerprint density at radius 2 is 1.81 bits per heavy atom. The fourth-order valence-corrected chi connectivity index (χ4v) is 1.22. The fourth-order valence-electron chi connectivity index (χ4n) is 1.22. The van der Waals surface area contributed by atoms with Crippen LogP contribution in [-0.2, 0) is 6.54 Å². The molecule has 1 aromatic carbocycles. The number of halogens is 1. The average Bonchev–Trinajstić information content (AvgIpc) is 2.27. The highest BCUT2D eigenvalue weighted by Gasteiger charge is 2.13. The van der Waals surface area contributed by atoms with Gasteiger partial charge in [0.15, 0.2) is 0 Å². The molecule has 3 nitrogen and oxygen atoms in total. The fraction of sp³-hybridized carbons (Fsp3) is 0.417. The standard InChI is InChI=1S/C12H18N2O.ClH/c1-9(2)14(3)12(15)11-6-4-10(8-13)5-7-11;/h4-7,9H,8,13H2,1-3H3;1H. The highest BCUT2D eigenvalue weighted by Crippen LogP contribution is 2.08. The van der Waals surface area contributed by atoms with Crippen LogP contribution >= 0.6 is 12.4 Å². The van der Waals surface area contributed by atoms with Gasteiger partial charge >= 0.3 is 0 Å². The summed E-state index contributed by atoms with van der Waals surface area (Å²) in [4.78, 5) is 13.6. The first kappa shape index (κ1) is 14.9. The molecule has 2 N–H and O–H groups in total. The Hall–Kier alpha value is -1.06. The summed E-state index contributed by atoms with van der Waals surface area (Å²) in [6.45, 7) is 4.49. The van der Waals surface area contributed by atoms with Crippen LogP contribution in [0.3, 0.4) is 0 Å². The van der Waals surface area contributed by atoms with Gasteiger partial charge in [-0.1, -0.05) is 12.1 Å². The number of benzene rings is 1. The molecule has 0 bridgehead atoms. The zero-order chi connectivity index (χ0) is 11.4. The molecule has 16 heavy (non-hydrogen) atoms. The molecule has 0 aromatic heterocycles. The van der Waals surface area contributed by atoms with Crippen molar-refractivity contribution in [3.05, 3.63) is 35.4 Å². The van der Waals surface area contributed by atoms with Gasteiger partial charge < -0.3 is 10.6 Å².